The van der Waals surface area contributed by atoms with Gasteiger partial charge in [0.2, 0.25) is 11.8 Å². The van der Waals surface area contributed by atoms with E-state index in [-0.39, 0.29) is 30.3 Å². The average Bonchev–Trinajstić information content (AvgIpc) is 3.03. The van der Waals surface area contributed by atoms with Gasteiger partial charge in [0.1, 0.15) is 0 Å². The minimum absolute atomic E-state index is 0.0450. The van der Waals surface area contributed by atoms with E-state index in [2.05, 4.69) is 5.32 Å². The van der Waals surface area contributed by atoms with Crippen LogP contribution in [-0.4, -0.2) is 30.1 Å². The number of anilines is 2. The van der Waals surface area contributed by atoms with Crippen molar-refractivity contribution in [2.24, 2.45) is 11.8 Å². The molecule has 2 aromatic rings. The Morgan fingerprint density at radius 2 is 1.74 bits per heavy atom. The van der Waals surface area contributed by atoms with E-state index in [0.717, 1.165) is 24.3 Å². The molecule has 1 aliphatic heterocycles. The standard InChI is InChI=1S/C11H15NO2.C11H13NO/c1-9(7-8-13)11(14)12-10-5-3-2-4-6-10;1-9-7-8-12(11(9)13)10-5-3-2-4-6-10/h2-6,9,13H,7-8H2,1H3,(H,12,14);2-6,9H,7-8H2,1H3. The lowest BCUT2D eigenvalue weighted by Gasteiger charge is -2.15. The van der Waals surface area contributed by atoms with E-state index >= 15 is 0 Å². The highest BCUT2D eigenvalue weighted by molar-refractivity contribution is 5.96. The Balaban J connectivity index is 0.000000194. The summed E-state index contributed by atoms with van der Waals surface area (Å²) >= 11 is 0. The normalized spacial score (nSPS) is 17.1. The Hall–Kier alpha value is -2.66. The van der Waals surface area contributed by atoms with Crippen molar-refractivity contribution in [3.8, 4) is 0 Å². The molecule has 0 aromatic heterocycles. The Morgan fingerprint density at radius 1 is 1.15 bits per heavy atom. The topological polar surface area (TPSA) is 69.6 Å². The van der Waals surface area contributed by atoms with E-state index in [9.17, 15) is 9.59 Å². The van der Waals surface area contributed by atoms with Crippen molar-refractivity contribution in [3.63, 3.8) is 0 Å². The molecule has 2 unspecified atom stereocenters. The number of benzene rings is 2. The van der Waals surface area contributed by atoms with Crippen LogP contribution in [0.25, 0.3) is 0 Å². The van der Waals surface area contributed by atoms with Crippen LogP contribution in [0.5, 0.6) is 0 Å². The number of aliphatic hydroxyl groups is 1. The lowest BCUT2D eigenvalue weighted by Crippen LogP contribution is -2.25. The highest BCUT2D eigenvalue weighted by Gasteiger charge is 2.28. The monoisotopic (exact) mass is 368 g/mol. The minimum Gasteiger partial charge on any atom is -0.396 e. The van der Waals surface area contributed by atoms with Crippen molar-refractivity contribution in [2.75, 3.05) is 23.4 Å². The summed E-state index contributed by atoms with van der Waals surface area (Å²) in [5.74, 6) is 0.247. The van der Waals surface area contributed by atoms with Gasteiger partial charge in [-0.15, -0.1) is 0 Å². The van der Waals surface area contributed by atoms with Crippen LogP contribution in [0.3, 0.4) is 0 Å². The first-order valence-electron chi connectivity index (χ1n) is 9.36. The second-order valence-corrected chi connectivity index (χ2v) is 6.78. The van der Waals surface area contributed by atoms with Crippen LogP contribution in [0.1, 0.15) is 26.7 Å². The molecule has 0 radical (unpaired) electrons. The Kier molecular flexibility index (Phi) is 8.01. The minimum atomic E-state index is -0.153. The van der Waals surface area contributed by atoms with Gasteiger partial charge in [-0.2, -0.15) is 0 Å². The van der Waals surface area contributed by atoms with Crippen LogP contribution in [0.4, 0.5) is 11.4 Å². The summed E-state index contributed by atoms with van der Waals surface area (Å²) in [4.78, 5) is 25.0. The molecule has 1 fully saturated rings. The molecule has 2 atom stereocenters. The average molecular weight is 368 g/mol. The van der Waals surface area contributed by atoms with E-state index in [1.807, 2.05) is 72.5 Å². The van der Waals surface area contributed by atoms with Crippen molar-refractivity contribution >= 4 is 23.2 Å². The third-order valence-electron chi connectivity index (χ3n) is 4.59. The zero-order valence-electron chi connectivity index (χ0n) is 16.0. The van der Waals surface area contributed by atoms with Crippen LogP contribution < -0.4 is 10.2 Å². The summed E-state index contributed by atoms with van der Waals surface area (Å²) in [7, 11) is 0. The third kappa shape index (κ3) is 6.22. The largest absolute Gasteiger partial charge is 0.396 e. The number of amides is 2. The summed E-state index contributed by atoms with van der Waals surface area (Å²) in [6, 6.07) is 19.2. The Labute approximate surface area is 161 Å². The van der Waals surface area contributed by atoms with Crippen LogP contribution in [0, 0.1) is 11.8 Å². The van der Waals surface area contributed by atoms with Crippen molar-refractivity contribution < 1.29 is 14.7 Å². The van der Waals surface area contributed by atoms with E-state index in [0.29, 0.717) is 6.42 Å². The van der Waals surface area contributed by atoms with E-state index in [4.69, 9.17) is 5.11 Å². The first-order valence-corrected chi connectivity index (χ1v) is 9.36. The molecule has 27 heavy (non-hydrogen) atoms. The second-order valence-electron chi connectivity index (χ2n) is 6.78. The quantitative estimate of drug-likeness (QED) is 0.845. The molecule has 5 nitrogen and oxygen atoms in total. The summed E-state index contributed by atoms with van der Waals surface area (Å²) in [6.07, 6.45) is 1.48. The highest BCUT2D eigenvalue weighted by Crippen LogP contribution is 2.24. The van der Waals surface area contributed by atoms with Gasteiger partial charge in [0.25, 0.3) is 0 Å². The number of carbonyl (C=O) groups is 2. The predicted molar refractivity (Wildman–Crippen MR) is 109 cm³/mol. The summed E-state index contributed by atoms with van der Waals surface area (Å²) in [5, 5.41) is 11.4. The van der Waals surface area contributed by atoms with Crippen LogP contribution in [-0.2, 0) is 9.59 Å². The van der Waals surface area contributed by atoms with Crippen LogP contribution in [0.15, 0.2) is 60.7 Å². The van der Waals surface area contributed by atoms with Gasteiger partial charge in [-0.1, -0.05) is 50.2 Å². The molecule has 0 bridgehead atoms. The van der Waals surface area contributed by atoms with Crippen molar-refractivity contribution in [1.82, 2.24) is 0 Å². The number of para-hydroxylation sites is 2. The van der Waals surface area contributed by atoms with Gasteiger partial charge in [0.05, 0.1) is 0 Å². The number of carbonyl (C=O) groups excluding carboxylic acids is 2. The first-order chi connectivity index (χ1) is 13.0. The summed E-state index contributed by atoms with van der Waals surface area (Å²) in [6.45, 7) is 4.70. The fourth-order valence-electron chi connectivity index (χ4n) is 2.80. The maximum atomic E-state index is 11.6. The molecule has 2 aromatic carbocycles. The second kappa shape index (κ2) is 10.5. The molecule has 0 saturated carbocycles. The van der Waals surface area contributed by atoms with Gasteiger partial charge in [-0.3, -0.25) is 9.59 Å². The molecule has 3 rings (SSSR count). The molecule has 0 spiro atoms. The molecule has 1 saturated heterocycles. The molecule has 5 heteroatoms. The molecule has 2 amide bonds. The van der Waals surface area contributed by atoms with Gasteiger partial charge < -0.3 is 15.3 Å². The van der Waals surface area contributed by atoms with E-state index in [1.54, 1.807) is 6.92 Å². The Bertz CT molecular complexity index is 719. The maximum absolute atomic E-state index is 11.6. The lowest BCUT2D eigenvalue weighted by atomic mass is 10.1. The number of nitrogens with one attached hydrogen (secondary N) is 1. The number of rotatable bonds is 5. The van der Waals surface area contributed by atoms with Crippen molar-refractivity contribution in [1.29, 1.82) is 0 Å². The number of aliphatic hydroxyl groups excluding tert-OH is 1. The molecule has 1 heterocycles. The van der Waals surface area contributed by atoms with Crippen molar-refractivity contribution in [2.45, 2.75) is 26.7 Å². The van der Waals surface area contributed by atoms with E-state index < -0.39 is 0 Å². The smallest absolute Gasteiger partial charge is 0.229 e. The van der Waals surface area contributed by atoms with Gasteiger partial charge in [0, 0.05) is 36.4 Å². The zero-order chi connectivity index (χ0) is 19.6. The molecular weight excluding hydrogens is 340 g/mol. The molecule has 0 aliphatic carbocycles. The fraction of sp³-hybridized carbons (Fsp3) is 0.364. The SMILES string of the molecule is CC(CCO)C(=O)Nc1ccccc1.CC1CCN(c2ccccc2)C1=O. The summed E-state index contributed by atoms with van der Waals surface area (Å²) < 4.78 is 0. The van der Waals surface area contributed by atoms with Crippen LogP contribution in [0.2, 0.25) is 0 Å². The first kappa shape index (κ1) is 20.6. The van der Waals surface area contributed by atoms with Gasteiger partial charge >= 0.3 is 0 Å². The van der Waals surface area contributed by atoms with Gasteiger partial charge in [-0.05, 0) is 37.1 Å². The van der Waals surface area contributed by atoms with Gasteiger partial charge in [-0.25, -0.2) is 0 Å². The molecular formula is C22H28N2O3. The molecule has 2 N–H and O–H groups in total. The van der Waals surface area contributed by atoms with Gasteiger partial charge in [0.15, 0.2) is 0 Å². The fourth-order valence-corrected chi connectivity index (χ4v) is 2.80. The summed E-state index contributed by atoms with van der Waals surface area (Å²) in [5.41, 5.74) is 1.82. The van der Waals surface area contributed by atoms with E-state index in [1.165, 1.54) is 0 Å². The molecule has 144 valence electrons. The number of hydrogen-bond donors (Lipinski definition) is 2. The number of nitrogens with zero attached hydrogens (tertiary/aromatic N) is 1. The zero-order valence-corrected chi connectivity index (χ0v) is 16.0. The highest BCUT2D eigenvalue weighted by atomic mass is 16.3. The van der Waals surface area contributed by atoms with Crippen LogP contribution >= 0.6 is 0 Å². The number of hydrogen-bond acceptors (Lipinski definition) is 3. The molecule has 1 aliphatic rings. The Morgan fingerprint density at radius 3 is 2.26 bits per heavy atom. The third-order valence-corrected chi connectivity index (χ3v) is 4.59. The maximum Gasteiger partial charge on any atom is 0.229 e. The lowest BCUT2D eigenvalue weighted by molar-refractivity contribution is -0.120. The predicted octanol–water partition coefficient (Wildman–Crippen LogP) is 3.70. The van der Waals surface area contributed by atoms with Crippen molar-refractivity contribution in [3.05, 3.63) is 60.7 Å².